The fourth-order valence-corrected chi connectivity index (χ4v) is 2.89. The van der Waals surface area contributed by atoms with Gasteiger partial charge in [0.15, 0.2) is 0 Å². The molecule has 0 fully saturated rings. The van der Waals surface area contributed by atoms with Gasteiger partial charge in [0.25, 0.3) is 0 Å². The lowest BCUT2D eigenvalue weighted by molar-refractivity contribution is 0.580. The summed E-state index contributed by atoms with van der Waals surface area (Å²) < 4.78 is 39.8. The quantitative estimate of drug-likeness (QED) is 0.940. The Morgan fingerprint density at radius 3 is 2.62 bits per heavy atom. The van der Waals surface area contributed by atoms with Crippen LogP contribution in [-0.4, -0.2) is 8.42 Å². The fraction of sp³-hybridized carbons (Fsp3) is 0.0714. The average molecular weight is 325 g/mol. The first kappa shape index (κ1) is 15.4. The molecule has 0 heterocycles. The first-order valence-corrected chi connectivity index (χ1v) is 7.73. The molecule has 2 aromatic carbocycles. The Morgan fingerprint density at radius 2 is 1.95 bits per heavy atom. The predicted molar refractivity (Wildman–Crippen MR) is 76.6 cm³/mol. The van der Waals surface area contributed by atoms with Gasteiger partial charge in [0.05, 0.1) is 10.5 Å². The van der Waals surface area contributed by atoms with Crippen molar-refractivity contribution in [2.45, 2.75) is 11.4 Å². The summed E-state index contributed by atoms with van der Waals surface area (Å²) in [5.41, 5.74) is 0.293. The van der Waals surface area contributed by atoms with Crippen molar-refractivity contribution >= 4 is 21.6 Å². The Bertz CT molecular complexity index is 816. The van der Waals surface area contributed by atoms with Crippen molar-refractivity contribution in [1.82, 2.24) is 4.72 Å². The maximum Gasteiger partial charge on any atom is 0.240 e. The van der Waals surface area contributed by atoms with Crippen LogP contribution in [0.3, 0.4) is 0 Å². The zero-order valence-electron chi connectivity index (χ0n) is 10.7. The summed E-state index contributed by atoms with van der Waals surface area (Å²) >= 11 is 5.94. The van der Waals surface area contributed by atoms with Crippen LogP contribution in [0.5, 0.6) is 0 Å². The maximum atomic E-state index is 13.2. The minimum atomic E-state index is -3.85. The molecule has 0 atom stereocenters. The number of nitriles is 1. The summed E-state index contributed by atoms with van der Waals surface area (Å²) in [6.07, 6.45) is 0. The molecule has 0 saturated carbocycles. The highest BCUT2D eigenvalue weighted by molar-refractivity contribution is 7.89. The van der Waals surface area contributed by atoms with E-state index in [1.807, 2.05) is 0 Å². The molecule has 108 valence electrons. The molecule has 0 radical (unpaired) electrons. The largest absolute Gasteiger partial charge is 0.240 e. The standard InChI is InChI=1S/C14H10ClFN2O2S/c15-13-4-2-1-3-10(13)9-18-21(19,20)12-5-6-14(16)11(7-12)8-17/h1-7,18H,9H2. The highest BCUT2D eigenvalue weighted by Crippen LogP contribution is 2.17. The minimum Gasteiger partial charge on any atom is -0.207 e. The molecule has 2 rings (SSSR count). The smallest absolute Gasteiger partial charge is 0.207 e. The van der Waals surface area contributed by atoms with Gasteiger partial charge in [-0.25, -0.2) is 17.5 Å². The van der Waals surface area contributed by atoms with E-state index in [-0.39, 0.29) is 17.0 Å². The Balaban J connectivity index is 2.24. The van der Waals surface area contributed by atoms with Crippen LogP contribution in [0.15, 0.2) is 47.4 Å². The number of nitrogens with one attached hydrogen (secondary N) is 1. The van der Waals surface area contributed by atoms with E-state index < -0.39 is 15.8 Å². The second-order valence-electron chi connectivity index (χ2n) is 4.17. The lowest BCUT2D eigenvalue weighted by atomic mass is 10.2. The van der Waals surface area contributed by atoms with E-state index in [4.69, 9.17) is 16.9 Å². The van der Waals surface area contributed by atoms with Crippen molar-refractivity contribution in [2.75, 3.05) is 0 Å². The van der Waals surface area contributed by atoms with Gasteiger partial charge >= 0.3 is 0 Å². The summed E-state index contributed by atoms with van der Waals surface area (Å²) in [5.74, 6) is -0.762. The zero-order chi connectivity index (χ0) is 15.5. The fourth-order valence-electron chi connectivity index (χ4n) is 1.66. The van der Waals surface area contributed by atoms with E-state index in [0.29, 0.717) is 10.6 Å². The zero-order valence-corrected chi connectivity index (χ0v) is 12.2. The van der Waals surface area contributed by atoms with Crippen molar-refractivity contribution in [1.29, 1.82) is 5.26 Å². The predicted octanol–water partition coefficient (Wildman–Crippen LogP) is 2.83. The van der Waals surface area contributed by atoms with Gasteiger partial charge in [-0.1, -0.05) is 29.8 Å². The Morgan fingerprint density at radius 1 is 1.24 bits per heavy atom. The molecule has 0 aromatic heterocycles. The van der Waals surface area contributed by atoms with Crippen molar-refractivity contribution < 1.29 is 12.8 Å². The molecule has 0 amide bonds. The summed E-state index contributed by atoms with van der Waals surface area (Å²) in [5, 5.41) is 9.17. The van der Waals surface area contributed by atoms with Crippen molar-refractivity contribution in [2.24, 2.45) is 0 Å². The second kappa shape index (κ2) is 6.22. The topological polar surface area (TPSA) is 70.0 Å². The summed E-state index contributed by atoms with van der Waals surface area (Å²) in [6, 6.07) is 11.5. The van der Waals surface area contributed by atoms with E-state index in [1.165, 1.54) is 0 Å². The molecule has 2 aromatic rings. The molecular formula is C14H10ClFN2O2S. The lowest BCUT2D eigenvalue weighted by Gasteiger charge is -2.08. The molecule has 0 aliphatic heterocycles. The molecule has 0 saturated heterocycles. The summed E-state index contributed by atoms with van der Waals surface area (Å²) in [4.78, 5) is -0.174. The van der Waals surface area contributed by atoms with Crippen LogP contribution >= 0.6 is 11.6 Å². The number of sulfonamides is 1. The molecule has 0 spiro atoms. The molecule has 0 aliphatic carbocycles. The van der Waals surface area contributed by atoms with Gasteiger partial charge in [0, 0.05) is 11.6 Å². The molecular weight excluding hydrogens is 315 g/mol. The van der Waals surface area contributed by atoms with Crippen molar-refractivity contribution in [3.8, 4) is 6.07 Å². The highest BCUT2D eigenvalue weighted by Gasteiger charge is 2.16. The second-order valence-corrected chi connectivity index (χ2v) is 6.34. The number of hydrogen-bond donors (Lipinski definition) is 1. The van der Waals surface area contributed by atoms with E-state index in [1.54, 1.807) is 30.3 Å². The number of rotatable bonds is 4. The summed E-state index contributed by atoms with van der Waals surface area (Å²) in [7, 11) is -3.85. The van der Waals surface area contributed by atoms with Crippen LogP contribution in [0, 0.1) is 17.1 Å². The first-order chi connectivity index (χ1) is 9.94. The van der Waals surface area contributed by atoms with Crippen LogP contribution in [0.4, 0.5) is 4.39 Å². The third-order valence-corrected chi connectivity index (χ3v) is 4.55. The van der Waals surface area contributed by atoms with Gasteiger partial charge in [0.1, 0.15) is 11.9 Å². The Labute approximate surface area is 126 Å². The Kier molecular flexibility index (Phi) is 4.58. The molecule has 1 N–H and O–H groups in total. The van der Waals surface area contributed by atoms with Gasteiger partial charge in [-0.3, -0.25) is 0 Å². The minimum absolute atomic E-state index is 0.00126. The van der Waals surface area contributed by atoms with Gasteiger partial charge in [-0.2, -0.15) is 5.26 Å². The van der Waals surface area contributed by atoms with Gasteiger partial charge < -0.3 is 0 Å². The number of nitrogens with zero attached hydrogens (tertiary/aromatic N) is 1. The first-order valence-electron chi connectivity index (χ1n) is 5.87. The van der Waals surface area contributed by atoms with Crippen LogP contribution in [0.25, 0.3) is 0 Å². The van der Waals surface area contributed by atoms with Crippen molar-refractivity contribution in [3.05, 3.63) is 64.4 Å². The highest BCUT2D eigenvalue weighted by atomic mass is 35.5. The SMILES string of the molecule is N#Cc1cc(S(=O)(=O)NCc2ccccc2Cl)ccc1F. The normalized spacial score (nSPS) is 11.1. The van der Waals surface area contributed by atoms with Gasteiger partial charge in [-0.05, 0) is 29.8 Å². The molecule has 4 nitrogen and oxygen atoms in total. The number of halogens is 2. The molecule has 21 heavy (non-hydrogen) atoms. The average Bonchev–Trinajstić information content (AvgIpc) is 2.46. The third-order valence-electron chi connectivity index (χ3n) is 2.78. The van der Waals surface area contributed by atoms with Crippen LogP contribution in [0.2, 0.25) is 5.02 Å². The maximum absolute atomic E-state index is 13.2. The van der Waals surface area contributed by atoms with Gasteiger partial charge in [0.2, 0.25) is 10.0 Å². The van der Waals surface area contributed by atoms with Crippen LogP contribution in [-0.2, 0) is 16.6 Å². The molecule has 0 bridgehead atoms. The Hall–Kier alpha value is -1.94. The molecule has 7 heteroatoms. The van der Waals surface area contributed by atoms with Crippen LogP contribution < -0.4 is 4.72 Å². The van der Waals surface area contributed by atoms with E-state index in [9.17, 15) is 12.8 Å². The molecule has 0 unspecified atom stereocenters. The van der Waals surface area contributed by atoms with E-state index in [2.05, 4.69) is 4.72 Å². The van der Waals surface area contributed by atoms with Gasteiger partial charge in [-0.15, -0.1) is 0 Å². The third kappa shape index (κ3) is 3.58. The molecule has 0 aliphatic rings. The van der Waals surface area contributed by atoms with Crippen LogP contribution in [0.1, 0.15) is 11.1 Å². The van der Waals surface area contributed by atoms with E-state index >= 15 is 0 Å². The number of benzene rings is 2. The number of hydrogen-bond acceptors (Lipinski definition) is 3. The van der Waals surface area contributed by atoms with Crippen molar-refractivity contribution in [3.63, 3.8) is 0 Å². The summed E-state index contributed by atoms with van der Waals surface area (Å²) in [6.45, 7) is 0.00126. The van der Waals surface area contributed by atoms with E-state index in [0.717, 1.165) is 18.2 Å². The monoisotopic (exact) mass is 324 g/mol. The lowest BCUT2D eigenvalue weighted by Crippen LogP contribution is -2.23.